The van der Waals surface area contributed by atoms with Crippen LogP contribution in [-0.4, -0.2) is 42.1 Å². The number of pyridine rings is 1. The lowest BCUT2D eigenvalue weighted by molar-refractivity contribution is -0.137. The van der Waals surface area contributed by atoms with Crippen LogP contribution in [0, 0.1) is 0 Å². The van der Waals surface area contributed by atoms with Crippen LogP contribution in [0.25, 0.3) is 0 Å². The second kappa shape index (κ2) is 7.47. The van der Waals surface area contributed by atoms with E-state index in [4.69, 9.17) is 5.11 Å². The van der Waals surface area contributed by atoms with Gasteiger partial charge in [-0.05, 0) is 31.9 Å². The highest BCUT2D eigenvalue weighted by Gasteiger charge is 2.11. The molecule has 2 N–H and O–H groups in total. The average molecular weight is 279 g/mol. The van der Waals surface area contributed by atoms with Gasteiger partial charge in [0, 0.05) is 32.8 Å². The third-order valence-corrected chi connectivity index (χ3v) is 2.87. The van der Waals surface area contributed by atoms with Crippen molar-refractivity contribution in [3.63, 3.8) is 0 Å². The zero-order valence-corrected chi connectivity index (χ0v) is 12.1. The number of amides is 1. The minimum Gasteiger partial charge on any atom is -0.481 e. The molecule has 0 aliphatic carbocycles. The van der Waals surface area contributed by atoms with E-state index < -0.39 is 5.97 Å². The Bertz CT molecular complexity index is 457. The topological polar surface area (TPSA) is 82.5 Å². The number of carbonyl (C=O) groups is 2. The van der Waals surface area contributed by atoms with E-state index in [1.807, 2.05) is 25.9 Å². The summed E-state index contributed by atoms with van der Waals surface area (Å²) >= 11 is 0. The molecule has 0 spiro atoms. The van der Waals surface area contributed by atoms with E-state index in [-0.39, 0.29) is 18.4 Å². The molecule has 1 aromatic rings. The van der Waals surface area contributed by atoms with E-state index in [9.17, 15) is 9.59 Å². The van der Waals surface area contributed by atoms with Gasteiger partial charge in [-0.1, -0.05) is 0 Å². The fraction of sp³-hybridized carbons (Fsp3) is 0.500. The van der Waals surface area contributed by atoms with Gasteiger partial charge in [0.1, 0.15) is 5.82 Å². The normalized spacial score (nSPS) is 11.8. The zero-order chi connectivity index (χ0) is 15.1. The molecule has 6 heteroatoms. The molecule has 6 nitrogen and oxygen atoms in total. The van der Waals surface area contributed by atoms with Gasteiger partial charge in [0.15, 0.2) is 0 Å². The second-order valence-corrected chi connectivity index (χ2v) is 4.96. The van der Waals surface area contributed by atoms with Crippen molar-refractivity contribution in [2.75, 3.05) is 19.0 Å². The Hall–Kier alpha value is -2.11. The van der Waals surface area contributed by atoms with Gasteiger partial charge in [-0.15, -0.1) is 0 Å². The number of rotatable bonds is 7. The number of aromatic nitrogens is 1. The molecule has 0 bridgehead atoms. The van der Waals surface area contributed by atoms with Crippen LogP contribution in [0.2, 0.25) is 0 Å². The molecule has 20 heavy (non-hydrogen) atoms. The highest BCUT2D eigenvalue weighted by atomic mass is 16.4. The Balaban J connectivity index is 2.47. The molecule has 0 radical (unpaired) electrons. The van der Waals surface area contributed by atoms with Gasteiger partial charge in [0.2, 0.25) is 0 Å². The molecule has 0 saturated heterocycles. The van der Waals surface area contributed by atoms with Gasteiger partial charge < -0.3 is 15.3 Å². The summed E-state index contributed by atoms with van der Waals surface area (Å²) in [5.74, 6) is -0.214. The summed E-state index contributed by atoms with van der Waals surface area (Å²) in [6, 6.07) is 3.45. The number of carbonyl (C=O) groups excluding carboxylic acids is 1. The number of nitrogens with one attached hydrogen (secondary N) is 1. The van der Waals surface area contributed by atoms with Crippen LogP contribution in [0.15, 0.2) is 18.3 Å². The van der Waals surface area contributed by atoms with E-state index in [2.05, 4.69) is 10.3 Å². The van der Waals surface area contributed by atoms with Crippen molar-refractivity contribution in [2.24, 2.45) is 0 Å². The summed E-state index contributed by atoms with van der Waals surface area (Å²) in [4.78, 5) is 28.4. The highest BCUT2D eigenvalue weighted by Crippen LogP contribution is 2.08. The smallest absolute Gasteiger partial charge is 0.303 e. The summed E-state index contributed by atoms with van der Waals surface area (Å²) in [6.45, 7) is 1.86. The summed E-state index contributed by atoms with van der Waals surface area (Å²) in [5, 5.41) is 11.4. The summed E-state index contributed by atoms with van der Waals surface area (Å²) < 4.78 is 0. The molecule has 0 aromatic carbocycles. The monoisotopic (exact) mass is 279 g/mol. The van der Waals surface area contributed by atoms with Crippen molar-refractivity contribution in [1.29, 1.82) is 0 Å². The van der Waals surface area contributed by atoms with Gasteiger partial charge in [0.25, 0.3) is 5.91 Å². The second-order valence-electron chi connectivity index (χ2n) is 4.96. The van der Waals surface area contributed by atoms with Gasteiger partial charge >= 0.3 is 5.97 Å². The van der Waals surface area contributed by atoms with Gasteiger partial charge in [-0.3, -0.25) is 9.59 Å². The third-order valence-electron chi connectivity index (χ3n) is 2.87. The fourth-order valence-electron chi connectivity index (χ4n) is 1.72. The van der Waals surface area contributed by atoms with E-state index in [1.54, 1.807) is 12.1 Å². The van der Waals surface area contributed by atoms with Crippen LogP contribution in [0.3, 0.4) is 0 Å². The number of carboxylic acid groups (broad SMARTS) is 1. The maximum Gasteiger partial charge on any atom is 0.303 e. The largest absolute Gasteiger partial charge is 0.481 e. The molecular weight excluding hydrogens is 258 g/mol. The maximum absolute atomic E-state index is 12.0. The van der Waals surface area contributed by atoms with Crippen molar-refractivity contribution in [1.82, 2.24) is 10.3 Å². The SMILES string of the molecule is CC(CCCC(=O)O)NC(=O)c1ccc(N(C)C)nc1. The standard InChI is InChI=1S/C14H21N3O3/c1-10(5-4-6-13(18)19)16-14(20)11-7-8-12(15-9-11)17(2)3/h7-10H,4-6H2,1-3H3,(H,16,20)(H,18,19). The first-order valence-electron chi connectivity index (χ1n) is 6.56. The minimum atomic E-state index is -0.813. The molecule has 0 fully saturated rings. The number of aliphatic carboxylic acids is 1. The molecular formula is C14H21N3O3. The molecule has 1 atom stereocenters. The fourth-order valence-corrected chi connectivity index (χ4v) is 1.72. The van der Waals surface area contributed by atoms with Crippen molar-refractivity contribution in [2.45, 2.75) is 32.2 Å². The van der Waals surface area contributed by atoms with Gasteiger partial charge in [-0.25, -0.2) is 4.98 Å². The molecule has 0 aliphatic rings. The van der Waals surface area contributed by atoms with Crippen LogP contribution in [0.4, 0.5) is 5.82 Å². The first kappa shape index (κ1) is 15.9. The summed E-state index contributed by atoms with van der Waals surface area (Å²) in [5.41, 5.74) is 0.501. The Kier molecular flexibility index (Phi) is 5.96. The minimum absolute atomic E-state index is 0.0598. The lowest BCUT2D eigenvalue weighted by atomic mass is 10.1. The zero-order valence-electron chi connectivity index (χ0n) is 12.1. The van der Waals surface area contributed by atoms with E-state index in [0.717, 1.165) is 5.82 Å². The van der Waals surface area contributed by atoms with Crippen LogP contribution < -0.4 is 10.2 Å². The van der Waals surface area contributed by atoms with E-state index in [1.165, 1.54) is 6.20 Å². The lowest BCUT2D eigenvalue weighted by Crippen LogP contribution is -2.32. The highest BCUT2D eigenvalue weighted by molar-refractivity contribution is 5.94. The van der Waals surface area contributed by atoms with Crippen molar-refractivity contribution in [3.8, 4) is 0 Å². The Morgan fingerprint density at radius 2 is 2.10 bits per heavy atom. The lowest BCUT2D eigenvalue weighted by Gasteiger charge is -2.14. The molecule has 1 rings (SSSR count). The average Bonchev–Trinajstić information content (AvgIpc) is 2.38. The van der Waals surface area contributed by atoms with Crippen molar-refractivity contribution < 1.29 is 14.7 Å². The molecule has 1 amide bonds. The number of anilines is 1. The van der Waals surface area contributed by atoms with Crippen LogP contribution >= 0.6 is 0 Å². The first-order chi connectivity index (χ1) is 9.40. The Labute approximate surface area is 118 Å². The van der Waals surface area contributed by atoms with Crippen LogP contribution in [0.5, 0.6) is 0 Å². The predicted octanol–water partition coefficient (Wildman–Crippen LogP) is 1.52. The van der Waals surface area contributed by atoms with Crippen molar-refractivity contribution >= 4 is 17.7 Å². The van der Waals surface area contributed by atoms with Gasteiger partial charge in [-0.2, -0.15) is 0 Å². The summed E-state index contributed by atoms with van der Waals surface area (Å²) in [6.07, 6.45) is 2.85. The molecule has 0 aliphatic heterocycles. The quantitative estimate of drug-likeness (QED) is 0.790. The number of nitrogens with zero attached hydrogens (tertiary/aromatic N) is 2. The Morgan fingerprint density at radius 1 is 1.40 bits per heavy atom. The molecule has 110 valence electrons. The first-order valence-corrected chi connectivity index (χ1v) is 6.56. The number of hydrogen-bond acceptors (Lipinski definition) is 4. The predicted molar refractivity (Wildman–Crippen MR) is 77.0 cm³/mol. The van der Waals surface area contributed by atoms with Crippen LogP contribution in [-0.2, 0) is 4.79 Å². The van der Waals surface area contributed by atoms with E-state index in [0.29, 0.717) is 18.4 Å². The Morgan fingerprint density at radius 3 is 2.60 bits per heavy atom. The third kappa shape index (κ3) is 5.26. The number of hydrogen-bond donors (Lipinski definition) is 2. The molecule has 1 heterocycles. The van der Waals surface area contributed by atoms with Gasteiger partial charge in [0.05, 0.1) is 5.56 Å². The summed E-state index contributed by atoms with van der Waals surface area (Å²) in [7, 11) is 3.76. The molecule has 1 unspecified atom stereocenters. The molecule has 0 saturated carbocycles. The van der Waals surface area contributed by atoms with Crippen LogP contribution in [0.1, 0.15) is 36.5 Å². The van der Waals surface area contributed by atoms with E-state index >= 15 is 0 Å². The number of carboxylic acids is 1. The maximum atomic E-state index is 12.0. The molecule has 1 aromatic heterocycles. The van der Waals surface area contributed by atoms with Crippen molar-refractivity contribution in [3.05, 3.63) is 23.9 Å².